The molecule has 3 rings (SSSR count). The average molecular weight is 431 g/mol. The van der Waals surface area contributed by atoms with E-state index in [1.54, 1.807) is 30.6 Å². The lowest BCUT2D eigenvalue weighted by Crippen LogP contribution is -2.58. The first-order valence-corrected chi connectivity index (χ1v) is 9.26. The van der Waals surface area contributed by atoms with Gasteiger partial charge in [0.25, 0.3) is 5.91 Å². The van der Waals surface area contributed by atoms with Crippen LogP contribution in [0.3, 0.4) is 0 Å². The van der Waals surface area contributed by atoms with Crippen LogP contribution < -0.4 is 0 Å². The summed E-state index contributed by atoms with van der Waals surface area (Å²) in [6, 6.07) is 1.87. The smallest absolute Gasteiger partial charge is 0.410 e. The van der Waals surface area contributed by atoms with Gasteiger partial charge in [0.15, 0.2) is 0 Å². The number of amides is 2. The molecule has 2 aliphatic rings. The third kappa shape index (κ3) is 3.70. The van der Waals surface area contributed by atoms with Crippen molar-refractivity contribution in [3.8, 4) is 0 Å². The third-order valence-corrected chi connectivity index (χ3v) is 5.22. The van der Waals surface area contributed by atoms with E-state index in [0.717, 1.165) is 12.8 Å². The summed E-state index contributed by atoms with van der Waals surface area (Å²) in [5, 5.41) is 0. The van der Waals surface area contributed by atoms with Crippen molar-refractivity contribution < 1.29 is 23.1 Å². The van der Waals surface area contributed by atoms with E-state index < -0.39 is 34.8 Å². The SMILES string of the molecule is CC(C)(C)OC(=O)N1CCN(C(=O)c2cc(Br)c(F)cc2F)C2(CC2)C1. The second-order valence-electron chi connectivity index (χ2n) is 7.83. The van der Waals surface area contributed by atoms with E-state index >= 15 is 0 Å². The molecule has 0 radical (unpaired) electrons. The molecule has 0 aromatic heterocycles. The molecule has 0 N–H and O–H groups in total. The van der Waals surface area contributed by atoms with E-state index in [0.29, 0.717) is 19.2 Å². The Morgan fingerprint density at radius 2 is 1.81 bits per heavy atom. The minimum absolute atomic E-state index is 0.0412. The van der Waals surface area contributed by atoms with Crippen LogP contribution in [0.1, 0.15) is 44.0 Å². The number of carbonyl (C=O) groups excluding carboxylic acids is 2. The lowest BCUT2D eigenvalue weighted by Gasteiger charge is -2.42. The zero-order valence-electron chi connectivity index (χ0n) is 14.9. The highest BCUT2D eigenvalue weighted by Gasteiger charge is 2.54. The van der Waals surface area contributed by atoms with Gasteiger partial charge in [0, 0.05) is 25.7 Å². The first-order chi connectivity index (χ1) is 12.0. The lowest BCUT2D eigenvalue weighted by molar-refractivity contribution is 0.000511. The van der Waals surface area contributed by atoms with Gasteiger partial charge in [-0.3, -0.25) is 4.79 Å². The Hall–Kier alpha value is -1.70. The standard InChI is InChI=1S/C18H21BrF2N2O3/c1-17(2,3)26-16(25)22-6-7-23(18(10-22)4-5-18)15(24)11-8-12(19)14(21)9-13(11)20/h8-9H,4-7,10H2,1-3H3. The molecule has 2 fully saturated rings. The molecule has 1 aliphatic carbocycles. The second kappa shape index (κ2) is 6.48. The summed E-state index contributed by atoms with van der Waals surface area (Å²) >= 11 is 2.99. The molecule has 142 valence electrons. The Morgan fingerprint density at radius 1 is 1.15 bits per heavy atom. The predicted molar refractivity (Wildman–Crippen MR) is 94.9 cm³/mol. The monoisotopic (exact) mass is 430 g/mol. The summed E-state index contributed by atoms with van der Waals surface area (Å²) in [5.41, 5.74) is -1.25. The Morgan fingerprint density at radius 3 is 2.38 bits per heavy atom. The quantitative estimate of drug-likeness (QED) is 0.633. The molecule has 0 atom stereocenters. The maximum absolute atomic E-state index is 14.1. The molecule has 8 heteroatoms. The molecule has 1 aromatic carbocycles. The number of piperazine rings is 1. The van der Waals surface area contributed by atoms with Crippen LogP contribution in [0.15, 0.2) is 16.6 Å². The molecular weight excluding hydrogens is 410 g/mol. The molecule has 0 bridgehead atoms. The number of carbonyl (C=O) groups is 2. The van der Waals surface area contributed by atoms with Gasteiger partial charge in [0.1, 0.15) is 17.2 Å². The summed E-state index contributed by atoms with van der Waals surface area (Å²) in [7, 11) is 0. The maximum Gasteiger partial charge on any atom is 0.410 e. The van der Waals surface area contributed by atoms with Crippen molar-refractivity contribution >= 4 is 27.9 Å². The summed E-state index contributed by atoms with van der Waals surface area (Å²) < 4.78 is 33.0. The maximum atomic E-state index is 14.1. The van der Waals surface area contributed by atoms with Gasteiger partial charge >= 0.3 is 6.09 Å². The Kier molecular flexibility index (Phi) is 4.75. The van der Waals surface area contributed by atoms with Crippen LogP contribution in [0.2, 0.25) is 0 Å². The molecule has 0 unspecified atom stereocenters. The number of hydrogen-bond acceptors (Lipinski definition) is 3. The summed E-state index contributed by atoms with van der Waals surface area (Å²) in [4.78, 5) is 28.4. The first-order valence-electron chi connectivity index (χ1n) is 8.47. The highest BCUT2D eigenvalue weighted by Crippen LogP contribution is 2.45. The summed E-state index contributed by atoms with van der Waals surface area (Å²) in [5.74, 6) is -2.12. The van der Waals surface area contributed by atoms with E-state index in [1.807, 2.05) is 0 Å². The third-order valence-electron chi connectivity index (χ3n) is 4.62. The Labute approximate surface area is 159 Å². The highest BCUT2D eigenvalue weighted by atomic mass is 79.9. The molecule has 5 nitrogen and oxygen atoms in total. The molecule has 1 aliphatic heterocycles. The van der Waals surface area contributed by atoms with Crippen molar-refractivity contribution in [1.29, 1.82) is 0 Å². The van der Waals surface area contributed by atoms with E-state index in [-0.39, 0.29) is 16.6 Å². The lowest BCUT2D eigenvalue weighted by atomic mass is 10.1. The van der Waals surface area contributed by atoms with Crippen LogP contribution in [0.4, 0.5) is 13.6 Å². The van der Waals surface area contributed by atoms with Gasteiger partial charge in [-0.05, 0) is 55.6 Å². The van der Waals surface area contributed by atoms with Crippen LogP contribution in [0.25, 0.3) is 0 Å². The Bertz CT molecular complexity index is 760. The highest BCUT2D eigenvalue weighted by molar-refractivity contribution is 9.10. The Balaban J connectivity index is 1.77. The second-order valence-corrected chi connectivity index (χ2v) is 8.68. The van der Waals surface area contributed by atoms with Crippen molar-refractivity contribution in [2.75, 3.05) is 19.6 Å². The summed E-state index contributed by atoms with van der Waals surface area (Å²) in [6.07, 6.45) is 1.07. The van der Waals surface area contributed by atoms with Crippen LogP contribution >= 0.6 is 15.9 Å². The fourth-order valence-corrected chi connectivity index (χ4v) is 3.52. The van der Waals surface area contributed by atoms with E-state index in [9.17, 15) is 18.4 Å². The predicted octanol–water partition coefficient (Wildman–Crippen LogP) is 3.95. The molecule has 2 amide bonds. The zero-order valence-corrected chi connectivity index (χ0v) is 16.5. The number of hydrogen-bond donors (Lipinski definition) is 0. The van der Waals surface area contributed by atoms with Gasteiger partial charge in [-0.2, -0.15) is 0 Å². The molecule has 1 spiro atoms. The summed E-state index contributed by atoms with van der Waals surface area (Å²) in [6.45, 7) is 6.35. The van der Waals surface area contributed by atoms with Crippen molar-refractivity contribution in [3.05, 3.63) is 33.8 Å². The van der Waals surface area contributed by atoms with Gasteiger partial charge in [-0.1, -0.05) is 0 Å². The van der Waals surface area contributed by atoms with E-state index in [2.05, 4.69) is 15.9 Å². The van der Waals surface area contributed by atoms with Crippen LogP contribution in [0.5, 0.6) is 0 Å². The minimum atomic E-state index is -0.888. The number of halogens is 3. The number of ether oxygens (including phenoxy) is 1. The normalized spacial score (nSPS) is 18.8. The van der Waals surface area contributed by atoms with Crippen LogP contribution in [0, 0.1) is 11.6 Å². The topological polar surface area (TPSA) is 49.9 Å². The number of nitrogens with zero attached hydrogens (tertiary/aromatic N) is 2. The first kappa shape index (κ1) is 19.1. The van der Waals surface area contributed by atoms with Crippen molar-refractivity contribution in [1.82, 2.24) is 9.80 Å². The molecule has 1 aromatic rings. The molecule has 26 heavy (non-hydrogen) atoms. The molecule has 1 saturated heterocycles. The zero-order chi connectivity index (χ0) is 19.3. The largest absolute Gasteiger partial charge is 0.444 e. The average Bonchev–Trinajstić information content (AvgIpc) is 3.28. The fraction of sp³-hybridized carbons (Fsp3) is 0.556. The van der Waals surface area contributed by atoms with Crippen LogP contribution in [-0.2, 0) is 4.74 Å². The number of rotatable bonds is 1. The number of benzene rings is 1. The fourth-order valence-electron chi connectivity index (χ4n) is 3.18. The van der Waals surface area contributed by atoms with Gasteiger partial charge in [-0.15, -0.1) is 0 Å². The molecule has 1 saturated carbocycles. The van der Waals surface area contributed by atoms with Crippen LogP contribution in [-0.4, -0.2) is 52.6 Å². The van der Waals surface area contributed by atoms with Crippen molar-refractivity contribution in [3.63, 3.8) is 0 Å². The van der Waals surface area contributed by atoms with E-state index in [1.165, 1.54) is 6.07 Å². The van der Waals surface area contributed by atoms with Gasteiger partial charge in [-0.25, -0.2) is 13.6 Å². The van der Waals surface area contributed by atoms with Gasteiger partial charge in [0.05, 0.1) is 15.6 Å². The van der Waals surface area contributed by atoms with Crippen molar-refractivity contribution in [2.45, 2.75) is 44.8 Å². The molecular formula is C18H21BrF2N2O3. The minimum Gasteiger partial charge on any atom is -0.444 e. The van der Waals surface area contributed by atoms with Gasteiger partial charge in [0.2, 0.25) is 0 Å². The van der Waals surface area contributed by atoms with Gasteiger partial charge < -0.3 is 14.5 Å². The molecule has 1 heterocycles. The van der Waals surface area contributed by atoms with Crippen molar-refractivity contribution in [2.24, 2.45) is 0 Å². The van der Waals surface area contributed by atoms with E-state index in [4.69, 9.17) is 4.74 Å².